The number of hydrogen-bond acceptors (Lipinski definition) is 5. The number of aromatic nitrogens is 1. The van der Waals surface area contributed by atoms with Gasteiger partial charge in [-0.05, 0) is 68.0 Å². The molecule has 2 aromatic carbocycles. The van der Waals surface area contributed by atoms with Gasteiger partial charge in [-0.2, -0.15) is 0 Å². The Morgan fingerprint density at radius 3 is 2.65 bits per heavy atom. The van der Waals surface area contributed by atoms with Gasteiger partial charge in [-0.3, -0.25) is 4.90 Å². The molecule has 2 saturated heterocycles. The molecule has 2 fully saturated rings. The number of nitrogens with two attached hydrogens (primary N) is 1. The highest BCUT2D eigenvalue weighted by molar-refractivity contribution is 7.20. The number of nitrogens with one attached hydrogen (secondary N) is 1. The molecule has 162 valence electrons. The van der Waals surface area contributed by atoms with Gasteiger partial charge in [0.1, 0.15) is 5.75 Å². The smallest absolute Gasteiger partial charge is 0.312 e. The minimum atomic E-state index is -0.408. The Morgan fingerprint density at radius 1 is 1.19 bits per heavy atom. The van der Waals surface area contributed by atoms with Crippen molar-refractivity contribution in [3.63, 3.8) is 0 Å². The number of benzene rings is 2. The van der Waals surface area contributed by atoms with Crippen molar-refractivity contribution < 1.29 is 9.53 Å². The Morgan fingerprint density at radius 2 is 1.94 bits per heavy atom. The van der Waals surface area contributed by atoms with E-state index in [1.54, 1.807) is 0 Å². The molecule has 0 aliphatic carbocycles. The number of rotatable bonds is 6. The number of primary amides is 1. The van der Waals surface area contributed by atoms with Crippen molar-refractivity contribution in [1.29, 1.82) is 0 Å². The molecule has 6 nitrogen and oxygen atoms in total. The first kappa shape index (κ1) is 20.5. The molecule has 1 aromatic heterocycles. The SMILES string of the molecule is NC(=O)NC1C[C@H]2CC[C@@H](C1)N2CCc1ccc(Oc2nc3ccc(Cl)cc3s2)cc1. The molecule has 5 rings (SSSR count). The molecule has 0 saturated carbocycles. The van der Waals surface area contributed by atoms with Crippen LogP contribution in [-0.4, -0.2) is 40.6 Å². The molecule has 2 amide bonds. The van der Waals surface area contributed by atoms with Crippen LogP contribution in [0.4, 0.5) is 4.79 Å². The van der Waals surface area contributed by atoms with E-state index in [4.69, 9.17) is 22.1 Å². The summed E-state index contributed by atoms with van der Waals surface area (Å²) in [6, 6.07) is 14.8. The number of nitrogens with zero attached hydrogens (tertiary/aromatic N) is 2. The average molecular weight is 457 g/mol. The van der Waals surface area contributed by atoms with Gasteiger partial charge < -0.3 is 15.8 Å². The number of fused-ring (bicyclic) bond motifs is 3. The number of carbonyl (C=O) groups excluding carboxylic acids is 1. The van der Waals surface area contributed by atoms with Gasteiger partial charge in [-0.1, -0.05) is 35.1 Å². The van der Waals surface area contributed by atoms with Crippen molar-refractivity contribution >= 4 is 39.2 Å². The highest BCUT2D eigenvalue weighted by Gasteiger charge is 2.40. The number of ether oxygens (including phenoxy) is 1. The maximum atomic E-state index is 11.2. The van der Waals surface area contributed by atoms with E-state index in [1.165, 1.54) is 29.7 Å². The van der Waals surface area contributed by atoms with E-state index in [-0.39, 0.29) is 6.04 Å². The first-order chi connectivity index (χ1) is 15.0. The summed E-state index contributed by atoms with van der Waals surface area (Å²) in [4.78, 5) is 18.3. The molecule has 0 spiro atoms. The summed E-state index contributed by atoms with van der Waals surface area (Å²) in [6.07, 6.45) is 5.42. The molecule has 3 aromatic rings. The fourth-order valence-electron chi connectivity index (χ4n) is 4.96. The van der Waals surface area contributed by atoms with Gasteiger partial charge in [-0.25, -0.2) is 9.78 Å². The second-order valence-corrected chi connectivity index (χ2v) is 9.82. The summed E-state index contributed by atoms with van der Waals surface area (Å²) in [5.41, 5.74) is 7.49. The Kier molecular flexibility index (Phi) is 5.73. The van der Waals surface area contributed by atoms with Gasteiger partial charge in [0.05, 0.1) is 10.2 Å². The van der Waals surface area contributed by atoms with E-state index in [0.29, 0.717) is 22.3 Å². The summed E-state index contributed by atoms with van der Waals surface area (Å²) in [5, 5.41) is 4.22. The lowest BCUT2D eigenvalue weighted by molar-refractivity contribution is 0.121. The molecule has 3 atom stereocenters. The normalized spacial score (nSPS) is 23.2. The van der Waals surface area contributed by atoms with Crippen LogP contribution >= 0.6 is 22.9 Å². The molecule has 1 unspecified atom stereocenters. The van der Waals surface area contributed by atoms with Crippen molar-refractivity contribution in [2.24, 2.45) is 5.73 Å². The predicted molar refractivity (Wildman–Crippen MR) is 124 cm³/mol. The van der Waals surface area contributed by atoms with Gasteiger partial charge in [0.15, 0.2) is 0 Å². The minimum Gasteiger partial charge on any atom is -0.431 e. The third kappa shape index (κ3) is 4.63. The molecular weight excluding hydrogens is 432 g/mol. The number of hydrogen-bond donors (Lipinski definition) is 2. The number of halogens is 1. The van der Waals surface area contributed by atoms with Gasteiger partial charge >= 0.3 is 6.03 Å². The molecule has 2 aliphatic rings. The first-order valence-corrected chi connectivity index (χ1v) is 11.9. The van der Waals surface area contributed by atoms with Crippen molar-refractivity contribution in [1.82, 2.24) is 15.2 Å². The van der Waals surface area contributed by atoms with Crippen molar-refractivity contribution in [2.45, 2.75) is 50.2 Å². The molecule has 3 heterocycles. The minimum absolute atomic E-state index is 0.223. The Labute approximate surface area is 190 Å². The van der Waals surface area contributed by atoms with Gasteiger partial charge in [0.2, 0.25) is 0 Å². The van der Waals surface area contributed by atoms with Crippen LogP contribution in [0.25, 0.3) is 10.2 Å². The third-order valence-electron chi connectivity index (χ3n) is 6.35. The van der Waals surface area contributed by atoms with Crippen molar-refractivity contribution in [3.8, 4) is 10.9 Å². The lowest BCUT2D eigenvalue weighted by Gasteiger charge is -2.39. The van der Waals surface area contributed by atoms with E-state index in [0.717, 1.165) is 41.8 Å². The molecular formula is C23H25ClN4O2S. The summed E-state index contributed by atoms with van der Waals surface area (Å²) in [6.45, 7) is 1.04. The van der Waals surface area contributed by atoms with E-state index >= 15 is 0 Å². The molecule has 3 N–H and O–H groups in total. The summed E-state index contributed by atoms with van der Waals surface area (Å²) < 4.78 is 6.97. The van der Waals surface area contributed by atoms with Crippen LogP contribution in [0, 0.1) is 0 Å². The molecule has 0 radical (unpaired) electrons. The van der Waals surface area contributed by atoms with Crippen LogP contribution < -0.4 is 15.8 Å². The van der Waals surface area contributed by atoms with Gasteiger partial charge in [-0.15, -0.1) is 0 Å². The van der Waals surface area contributed by atoms with Crippen LogP contribution in [0.3, 0.4) is 0 Å². The molecule has 2 bridgehead atoms. The van der Waals surface area contributed by atoms with Crippen LogP contribution in [0.15, 0.2) is 42.5 Å². The summed E-state index contributed by atoms with van der Waals surface area (Å²) in [5.74, 6) is 0.785. The van der Waals surface area contributed by atoms with E-state index < -0.39 is 6.03 Å². The zero-order chi connectivity index (χ0) is 21.4. The van der Waals surface area contributed by atoms with Gasteiger partial charge in [0, 0.05) is 29.7 Å². The summed E-state index contributed by atoms with van der Waals surface area (Å²) >= 11 is 7.55. The van der Waals surface area contributed by atoms with E-state index in [2.05, 4.69) is 27.3 Å². The highest BCUT2D eigenvalue weighted by Crippen LogP contribution is 2.36. The number of carbonyl (C=O) groups is 1. The number of amides is 2. The number of thiazole rings is 1. The molecule has 31 heavy (non-hydrogen) atoms. The second-order valence-electron chi connectivity index (χ2n) is 8.39. The van der Waals surface area contributed by atoms with E-state index in [1.807, 2.05) is 30.3 Å². The molecule has 2 aliphatic heterocycles. The standard InChI is InChI=1S/C23H25ClN4O2S/c24-15-3-8-20-21(11-15)31-23(27-20)30-19-6-1-14(2-7-19)9-10-28-17-4-5-18(28)13-16(12-17)26-22(25)29/h1-3,6-8,11,16-18H,4-5,9-10,12-13H2,(H3,25,26,29)/t16?,17-,18+. The largest absolute Gasteiger partial charge is 0.431 e. The second kappa shape index (κ2) is 8.65. The predicted octanol–water partition coefficient (Wildman–Crippen LogP) is 4.95. The van der Waals surface area contributed by atoms with E-state index in [9.17, 15) is 4.79 Å². The van der Waals surface area contributed by atoms with Crippen LogP contribution in [0.5, 0.6) is 10.9 Å². The molecule has 8 heteroatoms. The van der Waals surface area contributed by atoms with Crippen LogP contribution in [0.2, 0.25) is 5.02 Å². The Bertz CT molecular complexity index is 1070. The average Bonchev–Trinajstić information content (AvgIpc) is 3.23. The zero-order valence-corrected chi connectivity index (χ0v) is 18.7. The van der Waals surface area contributed by atoms with Crippen LogP contribution in [0.1, 0.15) is 31.2 Å². The quantitative estimate of drug-likeness (QED) is 0.550. The van der Waals surface area contributed by atoms with Crippen molar-refractivity contribution in [2.75, 3.05) is 6.54 Å². The third-order valence-corrected chi connectivity index (χ3v) is 7.48. The lowest BCUT2D eigenvalue weighted by atomic mass is 9.96. The van der Waals surface area contributed by atoms with Gasteiger partial charge in [0.25, 0.3) is 5.19 Å². The topological polar surface area (TPSA) is 80.5 Å². The lowest BCUT2D eigenvalue weighted by Crippen LogP contribution is -2.51. The Balaban J connectivity index is 1.17. The Hall–Kier alpha value is -2.35. The monoisotopic (exact) mass is 456 g/mol. The maximum absolute atomic E-state index is 11.2. The number of piperidine rings is 1. The first-order valence-electron chi connectivity index (χ1n) is 10.7. The van der Waals surface area contributed by atoms with Crippen LogP contribution in [-0.2, 0) is 6.42 Å². The van der Waals surface area contributed by atoms with Crippen molar-refractivity contribution in [3.05, 3.63) is 53.1 Å². The summed E-state index contributed by atoms with van der Waals surface area (Å²) in [7, 11) is 0. The fourth-order valence-corrected chi connectivity index (χ4v) is 6.07. The zero-order valence-electron chi connectivity index (χ0n) is 17.1. The number of urea groups is 1. The highest BCUT2D eigenvalue weighted by atomic mass is 35.5. The fraction of sp³-hybridized carbons (Fsp3) is 0.391. The maximum Gasteiger partial charge on any atom is 0.312 e.